The van der Waals surface area contributed by atoms with E-state index in [1.807, 2.05) is 0 Å². The van der Waals surface area contributed by atoms with Gasteiger partial charge in [0.2, 0.25) is 0 Å². The summed E-state index contributed by atoms with van der Waals surface area (Å²) in [5, 5.41) is 0.650. The molecule has 0 aromatic carbocycles. The zero-order valence-electron chi connectivity index (χ0n) is 6.80. The van der Waals surface area contributed by atoms with Gasteiger partial charge in [-0.2, -0.15) is 0 Å². The summed E-state index contributed by atoms with van der Waals surface area (Å²) in [4.78, 5) is 18.4. The minimum Gasteiger partial charge on any atom is -0.362 e. The number of aromatic amines is 1. The van der Waals surface area contributed by atoms with Gasteiger partial charge in [0.05, 0.1) is 10.4 Å². The van der Waals surface area contributed by atoms with Crippen LogP contribution in [-0.2, 0) is 10.2 Å². The van der Waals surface area contributed by atoms with E-state index >= 15 is 0 Å². The summed E-state index contributed by atoms with van der Waals surface area (Å²) in [5.41, 5.74) is 1.51. The molecular formula is C9H7ClN2O. The summed E-state index contributed by atoms with van der Waals surface area (Å²) in [7, 11) is 0. The van der Waals surface area contributed by atoms with Crippen molar-refractivity contribution in [2.75, 3.05) is 0 Å². The Morgan fingerprint density at radius 3 is 3.00 bits per heavy atom. The molecule has 3 nitrogen and oxygen atoms in total. The summed E-state index contributed by atoms with van der Waals surface area (Å²) in [6.45, 7) is 0. The van der Waals surface area contributed by atoms with Crippen molar-refractivity contribution < 1.29 is 4.79 Å². The molecule has 1 fully saturated rings. The highest BCUT2D eigenvalue weighted by Crippen LogP contribution is 2.51. The molecule has 66 valence electrons. The molecule has 2 aliphatic rings. The summed E-state index contributed by atoms with van der Waals surface area (Å²) in [6.07, 6.45) is 5.07. The highest BCUT2D eigenvalue weighted by atomic mass is 35.5. The number of nitrogens with one attached hydrogen (secondary N) is 1. The fourth-order valence-corrected chi connectivity index (χ4v) is 2.07. The summed E-state index contributed by atoms with van der Waals surface area (Å²) < 4.78 is 0. The van der Waals surface area contributed by atoms with E-state index in [9.17, 15) is 4.79 Å². The SMILES string of the molecule is O=C1N=Cc2c(Cl)c[nH]c2C12CC2. The maximum Gasteiger partial charge on any atom is 0.257 e. The predicted molar refractivity (Wildman–Crippen MR) is 49.3 cm³/mol. The Bertz CT molecular complexity index is 429. The Labute approximate surface area is 79.8 Å². The van der Waals surface area contributed by atoms with Gasteiger partial charge in [0.25, 0.3) is 5.91 Å². The van der Waals surface area contributed by atoms with Crippen LogP contribution in [0.3, 0.4) is 0 Å². The van der Waals surface area contributed by atoms with Crippen LogP contribution in [0.1, 0.15) is 24.1 Å². The molecular weight excluding hydrogens is 188 g/mol. The number of aliphatic imine (C=N–C) groups is 1. The highest BCUT2D eigenvalue weighted by molar-refractivity contribution is 6.33. The lowest BCUT2D eigenvalue weighted by molar-refractivity contribution is -0.120. The molecule has 3 rings (SSSR count). The molecule has 1 amide bonds. The standard InChI is InChI=1S/C9H7ClN2O/c10-6-4-11-7-5(6)3-12-8(13)9(7)1-2-9/h3-4,11H,1-2H2. The Balaban J connectivity index is 2.28. The van der Waals surface area contributed by atoms with Gasteiger partial charge in [-0.05, 0) is 12.8 Å². The molecule has 0 radical (unpaired) electrons. The quantitative estimate of drug-likeness (QED) is 0.671. The van der Waals surface area contributed by atoms with Gasteiger partial charge in [-0.25, -0.2) is 4.99 Å². The monoisotopic (exact) mass is 194 g/mol. The van der Waals surface area contributed by atoms with E-state index in [-0.39, 0.29) is 11.3 Å². The molecule has 1 saturated carbocycles. The van der Waals surface area contributed by atoms with Crippen LogP contribution in [0, 0.1) is 0 Å². The maximum absolute atomic E-state index is 11.5. The second kappa shape index (κ2) is 2.04. The molecule has 1 aromatic rings. The summed E-state index contributed by atoms with van der Waals surface area (Å²) >= 11 is 5.93. The Hall–Kier alpha value is -1.09. The first-order chi connectivity index (χ1) is 6.24. The zero-order valence-corrected chi connectivity index (χ0v) is 7.56. The van der Waals surface area contributed by atoms with Crippen molar-refractivity contribution in [1.29, 1.82) is 0 Å². The first-order valence-corrected chi connectivity index (χ1v) is 4.58. The second-order valence-electron chi connectivity index (χ2n) is 3.57. The molecule has 4 heteroatoms. The van der Waals surface area contributed by atoms with Crippen molar-refractivity contribution in [3.05, 3.63) is 22.5 Å². The highest BCUT2D eigenvalue weighted by Gasteiger charge is 2.54. The number of carbonyl (C=O) groups excluding carboxylic acids is 1. The largest absolute Gasteiger partial charge is 0.362 e. The predicted octanol–water partition coefficient (Wildman–Crippen LogP) is 1.66. The van der Waals surface area contributed by atoms with Gasteiger partial charge in [-0.3, -0.25) is 4.79 Å². The van der Waals surface area contributed by atoms with Crippen molar-refractivity contribution in [3.63, 3.8) is 0 Å². The Morgan fingerprint density at radius 1 is 1.54 bits per heavy atom. The lowest BCUT2D eigenvalue weighted by Crippen LogP contribution is -2.24. The first-order valence-electron chi connectivity index (χ1n) is 4.20. The van der Waals surface area contributed by atoms with E-state index in [4.69, 9.17) is 11.6 Å². The molecule has 2 heterocycles. The van der Waals surface area contributed by atoms with Crippen LogP contribution in [0.15, 0.2) is 11.2 Å². The van der Waals surface area contributed by atoms with Crippen LogP contribution in [0.2, 0.25) is 5.02 Å². The van der Waals surface area contributed by atoms with Crippen molar-refractivity contribution in [2.45, 2.75) is 18.3 Å². The van der Waals surface area contributed by atoms with E-state index in [0.29, 0.717) is 5.02 Å². The lowest BCUT2D eigenvalue weighted by Gasteiger charge is -2.14. The van der Waals surface area contributed by atoms with Gasteiger partial charge >= 0.3 is 0 Å². The van der Waals surface area contributed by atoms with E-state index < -0.39 is 0 Å². The van der Waals surface area contributed by atoms with Gasteiger partial charge in [0.15, 0.2) is 0 Å². The molecule has 1 spiro atoms. The fraction of sp³-hybridized carbons (Fsp3) is 0.333. The molecule has 0 bridgehead atoms. The third kappa shape index (κ3) is 0.753. The van der Waals surface area contributed by atoms with Gasteiger partial charge in [-0.1, -0.05) is 11.6 Å². The maximum atomic E-state index is 11.5. The first kappa shape index (κ1) is 7.33. The number of aromatic nitrogens is 1. The van der Waals surface area contributed by atoms with Crippen molar-refractivity contribution in [2.24, 2.45) is 4.99 Å². The number of rotatable bonds is 0. The molecule has 0 atom stereocenters. The average molecular weight is 195 g/mol. The van der Waals surface area contributed by atoms with Gasteiger partial charge in [0.1, 0.15) is 0 Å². The summed E-state index contributed by atoms with van der Waals surface area (Å²) in [5.74, 6) is -0.0292. The van der Waals surface area contributed by atoms with Crippen molar-refractivity contribution >= 4 is 23.7 Å². The van der Waals surface area contributed by atoms with Crippen LogP contribution in [0.25, 0.3) is 0 Å². The normalized spacial score (nSPS) is 22.1. The van der Waals surface area contributed by atoms with E-state index in [1.54, 1.807) is 12.4 Å². The number of hydrogen-bond donors (Lipinski definition) is 1. The fourth-order valence-electron chi connectivity index (χ4n) is 1.88. The Kier molecular flexibility index (Phi) is 1.15. The molecule has 0 unspecified atom stereocenters. The number of hydrogen-bond acceptors (Lipinski definition) is 1. The van der Waals surface area contributed by atoms with Gasteiger partial charge in [0, 0.05) is 23.7 Å². The Morgan fingerprint density at radius 2 is 2.31 bits per heavy atom. The topological polar surface area (TPSA) is 45.2 Å². The number of H-pyrrole nitrogens is 1. The number of nitrogens with zero attached hydrogens (tertiary/aromatic N) is 1. The average Bonchev–Trinajstić information content (AvgIpc) is 2.82. The minimum atomic E-state index is -0.336. The van der Waals surface area contributed by atoms with Crippen LogP contribution in [0.5, 0.6) is 0 Å². The number of carbonyl (C=O) groups is 1. The number of amides is 1. The molecule has 1 aliphatic heterocycles. The number of halogens is 1. The van der Waals surface area contributed by atoms with Crippen LogP contribution < -0.4 is 0 Å². The third-order valence-electron chi connectivity index (χ3n) is 2.82. The van der Waals surface area contributed by atoms with Crippen molar-refractivity contribution in [1.82, 2.24) is 4.98 Å². The number of fused-ring (bicyclic) bond motifs is 2. The summed E-state index contributed by atoms with van der Waals surface area (Å²) in [6, 6.07) is 0. The lowest BCUT2D eigenvalue weighted by atomic mass is 9.96. The van der Waals surface area contributed by atoms with E-state index in [1.165, 1.54) is 0 Å². The van der Waals surface area contributed by atoms with Crippen LogP contribution in [0.4, 0.5) is 0 Å². The van der Waals surface area contributed by atoms with E-state index in [0.717, 1.165) is 24.1 Å². The van der Waals surface area contributed by atoms with Crippen LogP contribution in [-0.4, -0.2) is 17.1 Å². The molecule has 1 aromatic heterocycles. The van der Waals surface area contributed by atoms with Crippen molar-refractivity contribution in [3.8, 4) is 0 Å². The molecule has 0 saturated heterocycles. The smallest absolute Gasteiger partial charge is 0.257 e. The van der Waals surface area contributed by atoms with Gasteiger partial charge < -0.3 is 4.98 Å². The minimum absolute atomic E-state index is 0.0292. The molecule has 1 aliphatic carbocycles. The van der Waals surface area contributed by atoms with E-state index in [2.05, 4.69) is 9.98 Å². The zero-order chi connectivity index (χ0) is 9.05. The molecule has 13 heavy (non-hydrogen) atoms. The second-order valence-corrected chi connectivity index (χ2v) is 3.98. The molecule has 1 N–H and O–H groups in total. The van der Waals surface area contributed by atoms with Crippen LogP contribution >= 0.6 is 11.6 Å². The third-order valence-corrected chi connectivity index (χ3v) is 3.13. The van der Waals surface area contributed by atoms with Gasteiger partial charge in [-0.15, -0.1) is 0 Å².